The van der Waals surface area contributed by atoms with Crippen molar-refractivity contribution in [1.82, 2.24) is 0 Å². The minimum absolute atomic E-state index is 0.0848. The maximum Gasteiger partial charge on any atom is 0.306 e. The molecule has 0 aliphatic carbocycles. The van der Waals surface area contributed by atoms with Gasteiger partial charge in [0.1, 0.15) is 13.2 Å². The van der Waals surface area contributed by atoms with Crippen LogP contribution in [0.5, 0.6) is 0 Å². The Kier molecular flexibility index (Phi) is 47.3. The number of unbranched alkanes of at least 4 members (excludes halogenated alkanes) is 30. The fourth-order valence-electron chi connectivity index (χ4n) is 7.38. The van der Waals surface area contributed by atoms with Crippen molar-refractivity contribution in [2.45, 2.75) is 277 Å². The summed E-state index contributed by atoms with van der Waals surface area (Å²) in [5, 5.41) is 0. The lowest BCUT2D eigenvalue weighted by atomic mass is 10.1. The monoisotopic (exact) mass is 843 g/mol. The Labute approximate surface area is 372 Å². The van der Waals surface area contributed by atoms with Gasteiger partial charge in [-0.05, 0) is 89.9 Å². The molecule has 1 atom stereocenters. The van der Waals surface area contributed by atoms with E-state index in [0.717, 1.165) is 70.6 Å². The molecule has 0 rings (SSSR count). The van der Waals surface area contributed by atoms with Gasteiger partial charge < -0.3 is 14.2 Å². The molecular formula is C54H98O6. The number of carbonyl (C=O) groups is 3. The van der Waals surface area contributed by atoms with Crippen LogP contribution in [0.3, 0.4) is 0 Å². The summed E-state index contributed by atoms with van der Waals surface area (Å²) < 4.78 is 16.7. The molecule has 0 aliphatic heterocycles. The minimum Gasteiger partial charge on any atom is -0.462 e. The second-order valence-corrected chi connectivity index (χ2v) is 17.4. The molecule has 0 fully saturated rings. The predicted octanol–water partition coefficient (Wildman–Crippen LogP) is 16.9. The Bertz CT molecular complexity index is 1020. The summed E-state index contributed by atoms with van der Waals surface area (Å²) in [7, 11) is 0. The molecule has 0 radical (unpaired) electrons. The van der Waals surface area contributed by atoms with Gasteiger partial charge in [-0.2, -0.15) is 0 Å². The highest BCUT2D eigenvalue weighted by atomic mass is 16.6. The first-order valence-corrected chi connectivity index (χ1v) is 26.0. The second-order valence-electron chi connectivity index (χ2n) is 17.4. The van der Waals surface area contributed by atoms with Crippen molar-refractivity contribution in [2.24, 2.45) is 0 Å². The molecule has 0 aromatic rings. The quantitative estimate of drug-likeness (QED) is 0.0263. The van der Waals surface area contributed by atoms with Crippen LogP contribution in [-0.4, -0.2) is 37.2 Å². The lowest BCUT2D eigenvalue weighted by Gasteiger charge is -2.18. The maximum atomic E-state index is 12.8. The largest absolute Gasteiger partial charge is 0.462 e. The second kappa shape index (κ2) is 49.3. The molecule has 1 unspecified atom stereocenters. The third kappa shape index (κ3) is 46.7. The molecular weight excluding hydrogens is 745 g/mol. The van der Waals surface area contributed by atoms with Gasteiger partial charge in [0.05, 0.1) is 0 Å². The number of hydrogen-bond acceptors (Lipinski definition) is 6. The molecule has 0 spiro atoms. The number of carbonyl (C=O) groups excluding carboxylic acids is 3. The molecule has 0 aliphatic rings. The summed E-state index contributed by atoms with van der Waals surface area (Å²) in [5.74, 6) is -0.927. The van der Waals surface area contributed by atoms with Crippen LogP contribution < -0.4 is 0 Å². The highest BCUT2D eigenvalue weighted by Gasteiger charge is 2.19. The number of hydrogen-bond donors (Lipinski definition) is 0. The van der Waals surface area contributed by atoms with Crippen LogP contribution in [0, 0.1) is 0 Å². The van der Waals surface area contributed by atoms with Crippen LogP contribution in [0.25, 0.3) is 0 Å². The Hall–Kier alpha value is -2.37. The molecule has 0 bridgehead atoms. The molecule has 0 N–H and O–H groups in total. The first-order valence-electron chi connectivity index (χ1n) is 26.0. The van der Waals surface area contributed by atoms with E-state index in [1.807, 2.05) is 0 Å². The van der Waals surface area contributed by atoms with Gasteiger partial charge in [0, 0.05) is 19.3 Å². The lowest BCUT2D eigenvalue weighted by molar-refractivity contribution is -0.167. The Morgan fingerprint density at radius 2 is 0.567 bits per heavy atom. The molecule has 6 heteroatoms. The van der Waals surface area contributed by atoms with Gasteiger partial charge in [-0.1, -0.05) is 198 Å². The van der Waals surface area contributed by atoms with E-state index in [1.165, 1.54) is 161 Å². The van der Waals surface area contributed by atoms with Crippen molar-refractivity contribution < 1.29 is 28.6 Å². The molecule has 0 aromatic carbocycles. The van der Waals surface area contributed by atoms with Gasteiger partial charge in [0.15, 0.2) is 6.10 Å². The van der Waals surface area contributed by atoms with Crippen molar-refractivity contribution in [3.63, 3.8) is 0 Å². The summed E-state index contributed by atoms with van der Waals surface area (Å²) in [6, 6.07) is 0. The standard InChI is InChI=1S/C54H98O6/c1-4-7-10-13-16-19-21-23-25-27-29-30-32-35-38-41-44-47-53(56)59-50-51(49-58-52(55)46-43-40-37-34-18-15-12-9-6-3)60-54(57)48-45-42-39-36-33-31-28-26-24-22-20-17-14-11-8-5-2/h23,25-26,28,34,37,51H,4-22,24,27,29-33,35-36,38-50H2,1-3H3/b25-23-,28-26-,37-34-. The zero-order valence-corrected chi connectivity index (χ0v) is 40.0. The highest BCUT2D eigenvalue weighted by Crippen LogP contribution is 2.14. The van der Waals surface area contributed by atoms with Crippen LogP contribution in [0.1, 0.15) is 271 Å². The van der Waals surface area contributed by atoms with Crippen LogP contribution in [0.4, 0.5) is 0 Å². The minimum atomic E-state index is -0.786. The van der Waals surface area contributed by atoms with E-state index in [0.29, 0.717) is 19.3 Å². The lowest BCUT2D eigenvalue weighted by Crippen LogP contribution is -2.30. The summed E-state index contributed by atoms with van der Waals surface area (Å²) in [6.07, 6.45) is 57.1. The molecule has 60 heavy (non-hydrogen) atoms. The SMILES string of the molecule is CCCCCC/C=C\CCCC(=O)OCC(COC(=O)CCCCCCCCC/C=C\CCCCCCCC)OC(=O)CCCCCCC/C=C\CCCCCCCCC. The van der Waals surface area contributed by atoms with E-state index < -0.39 is 6.10 Å². The number of allylic oxidation sites excluding steroid dienone is 6. The van der Waals surface area contributed by atoms with Crippen molar-refractivity contribution >= 4 is 17.9 Å². The van der Waals surface area contributed by atoms with Crippen LogP contribution >= 0.6 is 0 Å². The highest BCUT2D eigenvalue weighted by molar-refractivity contribution is 5.71. The fourth-order valence-corrected chi connectivity index (χ4v) is 7.38. The van der Waals surface area contributed by atoms with Crippen LogP contribution in [-0.2, 0) is 28.6 Å². The van der Waals surface area contributed by atoms with Gasteiger partial charge in [0.25, 0.3) is 0 Å². The summed E-state index contributed by atoms with van der Waals surface area (Å²) in [6.45, 7) is 6.58. The zero-order chi connectivity index (χ0) is 43.7. The normalized spacial score (nSPS) is 12.2. The summed E-state index contributed by atoms with van der Waals surface area (Å²) in [4.78, 5) is 37.9. The maximum absolute atomic E-state index is 12.8. The molecule has 0 heterocycles. The number of rotatable bonds is 47. The van der Waals surface area contributed by atoms with Gasteiger partial charge in [-0.25, -0.2) is 0 Å². The first-order chi connectivity index (χ1) is 29.5. The van der Waals surface area contributed by atoms with Gasteiger partial charge in [-0.15, -0.1) is 0 Å². The van der Waals surface area contributed by atoms with E-state index in [4.69, 9.17) is 14.2 Å². The molecule has 0 amide bonds. The van der Waals surface area contributed by atoms with Gasteiger partial charge in [0.2, 0.25) is 0 Å². The van der Waals surface area contributed by atoms with E-state index >= 15 is 0 Å². The number of ether oxygens (including phenoxy) is 3. The summed E-state index contributed by atoms with van der Waals surface area (Å²) >= 11 is 0. The average molecular weight is 843 g/mol. The Morgan fingerprint density at radius 3 is 0.917 bits per heavy atom. The summed E-state index contributed by atoms with van der Waals surface area (Å²) in [5.41, 5.74) is 0. The van der Waals surface area contributed by atoms with Gasteiger partial charge in [-0.3, -0.25) is 14.4 Å². The molecule has 0 saturated carbocycles. The first kappa shape index (κ1) is 57.6. The molecule has 350 valence electrons. The van der Waals surface area contributed by atoms with Crippen molar-refractivity contribution in [2.75, 3.05) is 13.2 Å². The Balaban J connectivity index is 4.33. The van der Waals surface area contributed by atoms with Crippen molar-refractivity contribution in [1.29, 1.82) is 0 Å². The Morgan fingerprint density at radius 1 is 0.317 bits per heavy atom. The smallest absolute Gasteiger partial charge is 0.306 e. The topological polar surface area (TPSA) is 78.9 Å². The van der Waals surface area contributed by atoms with E-state index in [-0.39, 0.29) is 31.1 Å². The third-order valence-electron chi connectivity index (χ3n) is 11.3. The zero-order valence-electron chi connectivity index (χ0n) is 40.0. The van der Waals surface area contributed by atoms with E-state index in [1.54, 1.807) is 0 Å². The van der Waals surface area contributed by atoms with E-state index in [9.17, 15) is 14.4 Å². The van der Waals surface area contributed by atoms with Crippen molar-refractivity contribution in [3.05, 3.63) is 36.5 Å². The fraction of sp³-hybridized carbons (Fsp3) is 0.833. The molecule has 0 aromatic heterocycles. The average Bonchev–Trinajstić information content (AvgIpc) is 3.24. The molecule has 6 nitrogen and oxygen atoms in total. The van der Waals surface area contributed by atoms with Crippen LogP contribution in [0.15, 0.2) is 36.5 Å². The van der Waals surface area contributed by atoms with Gasteiger partial charge >= 0.3 is 17.9 Å². The van der Waals surface area contributed by atoms with Crippen LogP contribution in [0.2, 0.25) is 0 Å². The van der Waals surface area contributed by atoms with E-state index in [2.05, 4.69) is 57.2 Å². The number of esters is 3. The van der Waals surface area contributed by atoms with Crippen molar-refractivity contribution in [3.8, 4) is 0 Å². The molecule has 0 saturated heterocycles. The predicted molar refractivity (Wildman–Crippen MR) is 256 cm³/mol. The third-order valence-corrected chi connectivity index (χ3v) is 11.3.